The predicted octanol–water partition coefficient (Wildman–Crippen LogP) is 3.28. The van der Waals surface area contributed by atoms with Crippen molar-refractivity contribution >= 4 is 17.3 Å². The summed E-state index contributed by atoms with van der Waals surface area (Å²) in [7, 11) is 0. The summed E-state index contributed by atoms with van der Waals surface area (Å²) in [5.41, 5.74) is 8.85. The Bertz CT molecular complexity index is 618. The molecule has 0 fully saturated rings. The van der Waals surface area contributed by atoms with E-state index < -0.39 is 5.82 Å². The molecule has 0 aromatic heterocycles. The molecule has 0 saturated carbocycles. The number of rotatable bonds is 2. The Hall–Kier alpha value is -2.36. The normalized spacial score (nSPS) is 10.3. The van der Waals surface area contributed by atoms with Crippen LogP contribution in [0.1, 0.15) is 21.5 Å². The Morgan fingerprint density at radius 2 is 1.74 bits per heavy atom. The smallest absolute Gasteiger partial charge is 0.255 e. The number of aryl methyl sites for hydroxylation is 2. The number of nitrogens with one attached hydrogen (secondary N) is 1. The number of carbonyl (C=O) groups excluding carboxylic acids is 1. The lowest BCUT2D eigenvalue weighted by molar-refractivity contribution is 0.102. The highest BCUT2D eigenvalue weighted by molar-refractivity contribution is 6.05. The third-order valence-electron chi connectivity index (χ3n) is 2.75. The lowest BCUT2D eigenvalue weighted by atomic mass is 10.1. The highest BCUT2D eigenvalue weighted by Gasteiger charge is 2.09. The van der Waals surface area contributed by atoms with Gasteiger partial charge < -0.3 is 11.1 Å². The molecule has 2 aromatic rings. The topological polar surface area (TPSA) is 55.1 Å². The number of nitrogen functional groups attached to an aromatic ring is 1. The van der Waals surface area contributed by atoms with Crippen LogP contribution in [0.4, 0.5) is 15.8 Å². The van der Waals surface area contributed by atoms with Gasteiger partial charge in [-0.05, 0) is 44.2 Å². The van der Waals surface area contributed by atoms with E-state index in [4.69, 9.17) is 5.73 Å². The molecule has 3 N–H and O–H groups in total. The molecule has 98 valence electrons. The Kier molecular flexibility index (Phi) is 3.51. The van der Waals surface area contributed by atoms with Gasteiger partial charge in [0.25, 0.3) is 5.91 Å². The minimum absolute atomic E-state index is 0.206. The molecule has 0 saturated heterocycles. The second-order valence-electron chi connectivity index (χ2n) is 4.56. The van der Waals surface area contributed by atoms with Crippen LogP contribution in [0, 0.1) is 19.7 Å². The van der Waals surface area contributed by atoms with E-state index in [2.05, 4.69) is 5.32 Å². The van der Waals surface area contributed by atoms with Gasteiger partial charge in [-0.2, -0.15) is 0 Å². The lowest BCUT2D eigenvalue weighted by Crippen LogP contribution is -2.13. The quantitative estimate of drug-likeness (QED) is 0.812. The predicted molar refractivity (Wildman–Crippen MR) is 74.7 cm³/mol. The fourth-order valence-corrected chi connectivity index (χ4v) is 1.95. The zero-order valence-corrected chi connectivity index (χ0v) is 10.8. The van der Waals surface area contributed by atoms with Gasteiger partial charge in [-0.3, -0.25) is 4.79 Å². The van der Waals surface area contributed by atoms with E-state index in [9.17, 15) is 9.18 Å². The van der Waals surface area contributed by atoms with E-state index in [1.807, 2.05) is 19.9 Å². The minimum atomic E-state index is -0.429. The molecule has 3 nitrogen and oxygen atoms in total. The van der Waals surface area contributed by atoms with Crippen molar-refractivity contribution in [3.8, 4) is 0 Å². The third kappa shape index (κ3) is 3.10. The van der Waals surface area contributed by atoms with Gasteiger partial charge in [-0.15, -0.1) is 0 Å². The van der Waals surface area contributed by atoms with Crippen LogP contribution < -0.4 is 11.1 Å². The summed E-state index contributed by atoms with van der Waals surface area (Å²) in [5, 5.41) is 2.68. The first-order chi connectivity index (χ1) is 8.95. The molecule has 19 heavy (non-hydrogen) atoms. The molecule has 0 heterocycles. The number of halogens is 1. The second-order valence-corrected chi connectivity index (χ2v) is 4.56. The van der Waals surface area contributed by atoms with Gasteiger partial charge in [0.1, 0.15) is 5.82 Å². The van der Waals surface area contributed by atoms with Gasteiger partial charge >= 0.3 is 0 Å². The maximum Gasteiger partial charge on any atom is 0.255 e. The molecule has 0 bridgehead atoms. The van der Waals surface area contributed by atoms with E-state index >= 15 is 0 Å². The highest BCUT2D eigenvalue weighted by Crippen LogP contribution is 2.20. The van der Waals surface area contributed by atoms with Crippen molar-refractivity contribution in [1.29, 1.82) is 0 Å². The average molecular weight is 258 g/mol. The van der Waals surface area contributed by atoms with E-state index in [1.165, 1.54) is 18.2 Å². The summed E-state index contributed by atoms with van der Waals surface area (Å²) >= 11 is 0. The van der Waals surface area contributed by atoms with Crippen molar-refractivity contribution in [2.45, 2.75) is 13.8 Å². The molecule has 0 radical (unpaired) electrons. The van der Waals surface area contributed by atoms with Crippen molar-refractivity contribution in [3.05, 3.63) is 58.9 Å². The van der Waals surface area contributed by atoms with Crippen LogP contribution >= 0.6 is 0 Å². The molecular formula is C15H15FN2O. The van der Waals surface area contributed by atoms with Crippen LogP contribution in [-0.2, 0) is 0 Å². The summed E-state index contributed by atoms with van der Waals surface area (Å²) in [4.78, 5) is 12.1. The fraction of sp³-hybridized carbons (Fsp3) is 0.133. The molecule has 2 rings (SSSR count). The van der Waals surface area contributed by atoms with Crippen LogP contribution in [0.3, 0.4) is 0 Å². The Labute approximate surface area is 111 Å². The van der Waals surface area contributed by atoms with Gasteiger partial charge in [-0.25, -0.2) is 4.39 Å². The first kappa shape index (κ1) is 13.1. The maximum absolute atomic E-state index is 12.9. The average Bonchev–Trinajstić information content (AvgIpc) is 2.31. The summed E-state index contributed by atoms with van der Waals surface area (Å²) in [5.74, 6) is -0.688. The molecule has 0 aliphatic rings. The monoisotopic (exact) mass is 258 g/mol. The molecule has 0 unspecified atom stereocenters. The van der Waals surface area contributed by atoms with Crippen molar-refractivity contribution in [2.75, 3.05) is 11.1 Å². The van der Waals surface area contributed by atoms with Crippen LogP contribution in [0.2, 0.25) is 0 Å². The number of benzene rings is 2. The van der Waals surface area contributed by atoms with E-state index in [0.717, 1.165) is 11.1 Å². The van der Waals surface area contributed by atoms with Crippen molar-refractivity contribution in [3.63, 3.8) is 0 Å². The SMILES string of the molecule is Cc1cc(C)cc(C(=O)Nc2ccc(F)cc2N)c1. The number of nitrogens with two attached hydrogens (primary N) is 1. The van der Waals surface area contributed by atoms with Crippen molar-refractivity contribution in [1.82, 2.24) is 0 Å². The number of carbonyl (C=O) groups is 1. The highest BCUT2D eigenvalue weighted by atomic mass is 19.1. The number of hydrogen-bond acceptors (Lipinski definition) is 2. The van der Waals surface area contributed by atoms with Crippen molar-refractivity contribution < 1.29 is 9.18 Å². The molecular weight excluding hydrogens is 243 g/mol. The minimum Gasteiger partial charge on any atom is -0.397 e. The third-order valence-corrected chi connectivity index (χ3v) is 2.75. The number of anilines is 2. The second kappa shape index (κ2) is 5.10. The molecule has 0 aliphatic heterocycles. The molecule has 1 amide bonds. The Morgan fingerprint density at radius 3 is 2.32 bits per heavy atom. The fourth-order valence-electron chi connectivity index (χ4n) is 1.95. The zero-order valence-electron chi connectivity index (χ0n) is 10.8. The summed E-state index contributed by atoms with van der Waals surface area (Å²) in [6, 6.07) is 9.46. The summed E-state index contributed by atoms with van der Waals surface area (Å²) < 4.78 is 12.9. The number of amides is 1. The molecule has 4 heteroatoms. The van der Waals surface area contributed by atoms with E-state index in [0.29, 0.717) is 11.3 Å². The van der Waals surface area contributed by atoms with Gasteiger partial charge in [0.15, 0.2) is 0 Å². The first-order valence-electron chi connectivity index (χ1n) is 5.90. The van der Waals surface area contributed by atoms with Crippen LogP contribution in [-0.4, -0.2) is 5.91 Å². The standard InChI is InChI=1S/C15H15FN2O/c1-9-5-10(2)7-11(6-9)15(19)18-14-4-3-12(16)8-13(14)17/h3-8H,17H2,1-2H3,(H,18,19). The largest absolute Gasteiger partial charge is 0.397 e. The Morgan fingerprint density at radius 1 is 1.11 bits per heavy atom. The zero-order chi connectivity index (χ0) is 14.0. The van der Waals surface area contributed by atoms with E-state index in [-0.39, 0.29) is 11.6 Å². The first-order valence-corrected chi connectivity index (χ1v) is 5.90. The lowest BCUT2D eigenvalue weighted by Gasteiger charge is -2.09. The van der Waals surface area contributed by atoms with Gasteiger partial charge in [0.05, 0.1) is 11.4 Å². The Balaban J connectivity index is 2.25. The molecule has 0 atom stereocenters. The van der Waals surface area contributed by atoms with Gasteiger partial charge in [0.2, 0.25) is 0 Å². The molecule has 0 aliphatic carbocycles. The molecule has 2 aromatic carbocycles. The maximum atomic E-state index is 12.9. The molecule has 0 spiro atoms. The number of hydrogen-bond donors (Lipinski definition) is 2. The van der Waals surface area contributed by atoms with Gasteiger partial charge in [-0.1, -0.05) is 17.2 Å². The van der Waals surface area contributed by atoms with Crippen LogP contribution in [0.25, 0.3) is 0 Å². The van der Waals surface area contributed by atoms with E-state index in [1.54, 1.807) is 12.1 Å². The van der Waals surface area contributed by atoms with Crippen LogP contribution in [0.15, 0.2) is 36.4 Å². The van der Waals surface area contributed by atoms with Crippen molar-refractivity contribution in [2.24, 2.45) is 0 Å². The van der Waals surface area contributed by atoms with Gasteiger partial charge in [0, 0.05) is 5.56 Å². The summed E-state index contributed by atoms with van der Waals surface area (Å²) in [6.07, 6.45) is 0. The van der Waals surface area contributed by atoms with Crippen LogP contribution in [0.5, 0.6) is 0 Å². The summed E-state index contributed by atoms with van der Waals surface area (Å²) in [6.45, 7) is 3.85.